The second-order valence-electron chi connectivity index (χ2n) is 6.99. The van der Waals surface area contributed by atoms with Gasteiger partial charge in [0.15, 0.2) is 0 Å². The van der Waals surface area contributed by atoms with Crippen molar-refractivity contribution >= 4 is 28.9 Å². The topological polar surface area (TPSA) is 223 Å². The molecular formula is C18H29N7O6. The maximum Gasteiger partial charge on any atom is 0.299 e. The van der Waals surface area contributed by atoms with E-state index in [0.29, 0.717) is 51.6 Å². The van der Waals surface area contributed by atoms with Crippen molar-refractivity contribution in [3.8, 4) is 0 Å². The summed E-state index contributed by atoms with van der Waals surface area (Å²) in [7, 11) is 0. The number of non-ortho nitro benzene ring substituents is 1. The highest BCUT2D eigenvalue weighted by Crippen LogP contribution is 2.28. The Morgan fingerprint density at radius 1 is 1.03 bits per heavy atom. The SMILES string of the molecule is NCCCC[C@@H](NC(=O)[C@@H](N)CCCCNc1ccc([N+](=O)[O-])cc1[N+](=O)[O-])C(N)=O. The number of carbonyl (C=O) groups is 2. The number of hydrogen-bond donors (Lipinski definition) is 5. The van der Waals surface area contributed by atoms with E-state index in [1.807, 2.05) is 0 Å². The highest BCUT2D eigenvalue weighted by molar-refractivity contribution is 5.88. The number of carbonyl (C=O) groups excluding carboxylic acids is 2. The summed E-state index contributed by atoms with van der Waals surface area (Å²) in [4.78, 5) is 44.1. The Labute approximate surface area is 179 Å². The summed E-state index contributed by atoms with van der Waals surface area (Å²) in [5.74, 6) is -1.11. The number of nitrogens with zero attached hydrogens (tertiary/aromatic N) is 2. The fraction of sp³-hybridized carbons (Fsp3) is 0.556. The number of benzene rings is 1. The average molecular weight is 439 g/mol. The largest absolute Gasteiger partial charge is 0.379 e. The van der Waals surface area contributed by atoms with Crippen LogP contribution in [0.4, 0.5) is 17.1 Å². The molecule has 1 rings (SSSR count). The van der Waals surface area contributed by atoms with Crippen LogP contribution in [-0.4, -0.2) is 46.8 Å². The molecule has 0 saturated carbocycles. The summed E-state index contributed by atoms with van der Waals surface area (Å²) < 4.78 is 0. The maximum absolute atomic E-state index is 12.2. The second-order valence-corrected chi connectivity index (χ2v) is 6.99. The third kappa shape index (κ3) is 8.92. The summed E-state index contributed by atoms with van der Waals surface area (Å²) in [6.45, 7) is 0.825. The molecule has 13 heteroatoms. The van der Waals surface area contributed by atoms with E-state index in [2.05, 4.69) is 10.6 Å². The van der Waals surface area contributed by atoms with Gasteiger partial charge in [0, 0.05) is 12.6 Å². The maximum atomic E-state index is 12.2. The minimum Gasteiger partial charge on any atom is -0.379 e. The second kappa shape index (κ2) is 13.1. The molecule has 0 fully saturated rings. The van der Waals surface area contributed by atoms with Crippen molar-refractivity contribution in [3.63, 3.8) is 0 Å². The Hall–Kier alpha value is -3.32. The van der Waals surface area contributed by atoms with Crippen molar-refractivity contribution in [3.05, 3.63) is 38.4 Å². The molecule has 0 spiro atoms. The fourth-order valence-corrected chi connectivity index (χ4v) is 2.83. The molecule has 31 heavy (non-hydrogen) atoms. The van der Waals surface area contributed by atoms with Crippen molar-refractivity contribution < 1.29 is 19.4 Å². The van der Waals surface area contributed by atoms with Crippen molar-refractivity contribution in [2.24, 2.45) is 17.2 Å². The van der Waals surface area contributed by atoms with Crippen LogP contribution < -0.4 is 27.8 Å². The molecule has 0 radical (unpaired) electrons. The zero-order valence-corrected chi connectivity index (χ0v) is 17.1. The first-order valence-electron chi connectivity index (χ1n) is 9.89. The molecule has 0 bridgehead atoms. The normalized spacial score (nSPS) is 12.6. The highest BCUT2D eigenvalue weighted by atomic mass is 16.6. The number of rotatable bonds is 15. The predicted octanol–water partition coefficient (Wildman–Crippen LogP) is 0.512. The number of nitro benzene ring substituents is 2. The van der Waals surface area contributed by atoms with Crippen molar-refractivity contribution in [1.82, 2.24) is 5.32 Å². The van der Waals surface area contributed by atoms with E-state index in [9.17, 15) is 29.8 Å². The lowest BCUT2D eigenvalue weighted by atomic mass is 10.1. The first-order chi connectivity index (χ1) is 14.7. The van der Waals surface area contributed by atoms with Crippen LogP contribution >= 0.6 is 0 Å². The van der Waals surface area contributed by atoms with Gasteiger partial charge in [-0.15, -0.1) is 0 Å². The van der Waals surface area contributed by atoms with Gasteiger partial charge in [0.05, 0.1) is 22.0 Å². The van der Waals surface area contributed by atoms with Crippen molar-refractivity contribution in [2.75, 3.05) is 18.4 Å². The molecule has 0 saturated heterocycles. The van der Waals surface area contributed by atoms with Gasteiger partial charge < -0.3 is 27.8 Å². The van der Waals surface area contributed by atoms with Gasteiger partial charge >= 0.3 is 0 Å². The van der Waals surface area contributed by atoms with Crippen LogP contribution in [0.3, 0.4) is 0 Å². The number of amides is 2. The molecule has 8 N–H and O–H groups in total. The minimum absolute atomic E-state index is 0.166. The van der Waals surface area contributed by atoms with E-state index in [0.717, 1.165) is 6.07 Å². The number of unbranched alkanes of at least 4 members (excludes halogenated alkanes) is 2. The van der Waals surface area contributed by atoms with E-state index in [1.54, 1.807) is 0 Å². The van der Waals surface area contributed by atoms with E-state index < -0.39 is 39.4 Å². The molecule has 172 valence electrons. The standard InChI is InChI=1S/C18H29N7O6/c19-9-3-1-6-15(17(21)26)23-18(27)13(20)5-2-4-10-22-14-8-7-12(24(28)29)11-16(14)25(30)31/h7-8,11,13,15,22H,1-6,9-10,19-20H2,(H2,21,26)(H,23,27)/t13-,15+/m0/s1. The van der Waals surface area contributed by atoms with Crippen LogP contribution in [-0.2, 0) is 9.59 Å². The van der Waals surface area contributed by atoms with Crippen molar-refractivity contribution in [2.45, 2.75) is 50.6 Å². The Morgan fingerprint density at radius 2 is 1.71 bits per heavy atom. The lowest BCUT2D eigenvalue weighted by Crippen LogP contribution is -2.50. The van der Waals surface area contributed by atoms with Gasteiger partial charge in [-0.25, -0.2) is 0 Å². The lowest BCUT2D eigenvalue weighted by Gasteiger charge is -2.18. The number of primary amides is 1. The zero-order chi connectivity index (χ0) is 23.4. The summed E-state index contributed by atoms with van der Waals surface area (Å²) >= 11 is 0. The number of nitrogens with one attached hydrogen (secondary N) is 2. The molecule has 0 aliphatic heterocycles. The molecule has 13 nitrogen and oxygen atoms in total. The first kappa shape index (κ1) is 25.7. The van der Waals surface area contributed by atoms with Gasteiger partial charge in [0.2, 0.25) is 11.8 Å². The molecule has 2 amide bonds. The van der Waals surface area contributed by atoms with Gasteiger partial charge in [-0.1, -0.05) is 0 Å². The Balaban J connectivity index is 2.45. The van der Waals surface area contributed by atoms with Gasteiger partial charge in [-0.3, -0.25) is 29.8 Å². The molecule has 1 aromatic carbocycles. The number of anilines is 1. The van der Waals surface area contributed by atoms with Gasteiger partial charge in [-0.2, -0.15) is 0 Å². The number of hydrogen-bond acceptors (Lipinski definition) is 9. The quantitative estimate of drug-likeness (QED) is 0.146. The van der Waals surface area contributed by atoms with E-state index >= 15 is 0 Å². The molecular weight excluding hydrogens is 410 g/mol. The van der Waals surface area contributed by atoms with Gasteiger partial charge in [-0.05, 0) is 51.1 Å². The van der Waals surface area contributed by atoms with Crippen LogP contribution in [0, 0.1) is 20.2 Å². The Bertz CT molecular complexity index is 789. The first-order valence-corrected chi connectivity index (χ1v) is 9.89. The number of nitro groups is 2. The minimum atomic E-state index is -0.829. The number of nitrogens with two attached hydrogens (primary N) is 3. The molecule has 2 atom stereocenters. The summed E-state index contributed by atoms with van der Waals surface area (Å²) in [6.07, 6.45) is 3.18. The molecule has 0 aromatic heterocycles. The average Bonchev–Trinajstić information content (AvgIpc) is 2.72. The van der Waals surface area contributed by atoms with Crippen molar-refractivity contribution in [1.29, 1.82) is 0 Å². The van der Waals surface area contributed by atoms with E-state index in [1.165, 1.54) is 12.1 Å². The van der Waals surface area contributed by atoms with Crippen LogP contribution in [0.1, 0.15) is 38.5 Å². The molecule has 0 aliphatic rings. The Morgan fingerprint density at radius 3 is 2.29 bits per heavy atom. The third-order valence-corrected chi connectivity index (χ3v) is 4.59. The molecule has 0 heterocycles. The van der Waals surface area contributed by atoms with Gasteiger partial charge in [0.25, 0.3) is 11.4 Å². The fourth-order valence-electron chi connectivity index (χ4n) is 2.83. The monoisotopic (exact) mass is 439 g/mol. The van der Waals surface area contributed by atoms with Crippen LogP contribution in [0.25, 0.3) is 0 Å². The van der Waals surface area contributed by atoms with E-state index in [4.69, 9.17) is 17.2 Å². The van der Waals surface area contributed by atoms with Gasteiger partial charge in [0.1, 0.15) is 11.7 Å². The lowest BCUT2D eigenvalue weighted by molar-refractivity contribution is -0.393. The smallest absolute Gasteiger partial charge is 0.299 e. The third-order valence-electron chi connectivity index (χ3n) is 4.59. The highest BCUT2D eigenvalue weighted by Gasteiger charge is 2.22. The predicted molar refractivity (Wildman–Crippen MR) is 114 cm³/mol. The van der Waals surface area contributed by atoms with E-state index in [-0.39, 0.29) is 11.4 Å². The molecule has 0 aliphatic carbocycles. The van der Waals surface area contributed by atoms with Crippen LogP contribution in [0.15, 0.2) is 18.2 Å². The summed E-state index contributed by atoms with van der Waals surface area (Å²) in [5.41, 5.74) is 16.0. The zero-order valence-electron chi connectivity index (χ0n) is 17.1. The summed E-state index contributed by atoms with van der Waals surface area (Å²) in [6, 6.07) is 1.73. The van der Waals surface area contributed by atoms with Crippen LogP contribution in [0.5, 0.6) is 0 Å². The molecule has 0 unspecified atom stereocenters. The summed E-state index contributed by atoms with van der Waals surface area (Å²) in [5, 5.41) is 27.3. The molecule has 1 aromatic rings. The Kier molecular flexibility index (Phi) is 10.8. The van der Waals surface area contributed by atoms with Crippen LogP contribution in [0.2, 0.25) is 0 Å².